The molecule has 2 aromatic rings. The molecule has 0 unspecified atom stereocenters. The number of hydrogen-bond acceptors (Lipinski definition) is 15. The smallest absolute Gasteiger partial charge is 0.312 e. The molecule has 0 saturated carbocycles. The number of piperidine rings is 1. The first-order valence-electron chi connectivity index (χ1n) is 34.0. The minimum Gasteiger partial charge on any atom is -0.469 e. The molecule has 2 heterocycles. The number of benzene rings is 2. The Morgan fingerprint density at radius 2 is 1.30 bits per heavy atom. The summed E-state index contributed by atoms with van der Waals surface area (Å²) in [7, 11) is 9.72. The number of carbonyl (C=O) groups is 11. The third-order valence-corrected chi connectivity index (χ3v) is 18.7. The van der Waals surface area contributed by atoms with Crippen molar-refractivity contribution in [1.82, 2.24) is 51.5 Å². The quantitative estimate of drug-likeness (QED) is 0.0346. The predicted molar refractivity (Wildman–Crippen MR) is 365 cm³/mol. The molecule has 2 aromatic carbocycles. The highest BCUT2D eigenvalue weighted by atomic mass is 16.5. The van der Waals surface area contributed by atoms with E-state index in [4.69, 9.17) is 19.9 Å². The van der Waals surface area contributed by atoms with Gasteiger partial charge < -0.3 is 71.9 Å². The van der Waals surface area contributed by atoms with Gasteiger partial charge in [-0.3, -0.25) is 52.8 Å². The molecule has 26 heteroatoms. The maximum Gasteiger partial charge on any atom is 0.312 e. The number of nitrogens with zero attached hydrogens (tertiary/aromatic N) is 4. The Balaban J connectivity index is 1.43. The van der Waals surface area contributed by atoms with Gasteiger partial charge in [-0.25, -0.2) is 4.79 Å². The van der Waals surface area contributed by atoms with Crippen molar-refractivity contribution in [3.05, 3.63) is 65.7 Å². The van der Waals surface area contributed by atoms with Crippen LogP contribution in [0.25, 0.3) is 0 Å². The number of carbonyl (C=O) groups excluding carboxylic acids is 11. The van der Waals surface area contributed by atoms with Gasteiger partial charge in [0.2, 0.25) is 53.2 Å². The van der Waals surface area contributed by atoms with Crippen molar-refractivity contribution >= 4 is 70.9 Å². The van der Waals surface area contributed by atoms with Gasteiger partial charge in [0.1, 0.15) is 24.2 Å². The average Bonchev–Trinajstić information content (AvgIpc) is 1.53. The minimum absolute atomic E-state index is 0.00712. The van der Waals surface area contributed by atoms with Crippen molar-refractivity contribution in [2.75, 3.05) is 67.4 Å². The van der Waals surface area contributed by atoms with E-state index in [2.05, 4.69) is 37.2 Å². The number of nitrogens with one attached hydrogen (secondary N) is 7. The van der Waals surface area contributed by atoms with E-state index in [9.17, 15) is 52.7 Å². The Kier molecular flexibility index (Phi) is 33.2. The molecule has 11 amide bonds. The number of rotatable bonds is 37. The van der Waals surface area contributed by atoms with Crippen LogP contribution in [0.15, 0.2) is 54.6 Å². The standard InChI is InChI=1S/C70H112N12O14/c1-17-44(8)61(80(13)68(91)59(42(4)5)78-67(90)60(43(6)7)79(11)12)54(94-14)39-57(85)82-35-22-26-53(82)62(95-15)46(10)63(86)76-52(38-47-23-19-18-20-24-47)64(87)73-40-48-27-29-50(30-28-48)74-65(88)51(25-21-34-72-70(71)93)75-66(89)58(41(2)3)77-55(83)31-32-56(84)81-36-33-49(37-45(81)9)69(92)96-16/h18-20,23-24,27-30,41-46,49,51-54,58-62H,17,21-22,25-26,31-40H2,1-16H3,(H,73,87)(H,74,88)(H,75,89)(H,76,86)(H,77,83)(H,78,90)(H3,71,72,93)/t44-,45-,46+,49-,51-,52-,53-,54+,58-,59-,60-,61-,62+/m0/s1. The zero-order chi connectivity index (χ0) is 71.7. The molecule has 96 heavy (non-hydrogen) atoms. The first kappa shape index (κ1) is 80.7. The molecular weight excluding hydrogens is 1230 g/mol. The van der Waals surface area contributed by atoms with Gasteiger partial charge in [0.05, 0.1) is 55.7 Å². The van der Waals surface area contributed by atoms with Crippen LogP contribution in [0, 0.1) is 35.5 Å². The Labute approximate surface area is 568 Å². The van der Waals surface area contributed by atoms with Crippen LogP contribution >= 0.6 is 0 Å². The number of esters is 1. The number of anilines is 1. The van der Waals surface area contributed by atoms with Crippen LogP contribution in [-0.4, -0.2) is 207 Å². The van der Waals surface area contributed by atoms with Crippen LogP contribution in [-0.2, 0) is 75.1 Å². The monoisotopic (exact) mass is 1340 g/mol. The first-order chi connectivity index (χ1) is 45.4. The molecule has 2 fully saturated rings. The molecule has 0 bridgehead atoms. The lowest BCUT2D eigenvalue weighted by molar-refractivity contribution is -0.150. The maximum absolute atomic E-state index is 14.6. The fraction of sp³-hybridized carbons (Fsp3) is 0.671. The van der Waals surface area contributed by atoms with Crippen LogP contribution in [0.5, 0.6) is 0 Å². The summed E-state index contributed by atoms with van der Waals surface area (Å²) in [5.41, 5.74) is 7.07. The minimum atomic E-state index is -1.13. The zero-order valence-electron chi connectivity index (χ0n) is 59.6. The first-order valence-corrected chi connectivity index (χ1v) is 34.0. The third kappa shape index (κ3) is 23.8. The number of amides is 11. The number of methoxy groups -OCH3 is 3. The lowest BCUT2D eigenvalue weighted by atomic mass is 9.89. The number of urea groups is 1. The number of likely N-dealkylation sites (tertiary alicyclic amines) is 2. The van der Waals surface area contributed by atoms with Crippen molar-refractivity contribution < 1.29 is 67.0 Å². The highest BCUT2D eigenvalue weighted by Gasteiger charge is 2.44. The van der Waals surface area contributed by atoms with Gasteiger partial charge in [-0.05, 0) is 106 Å². The maximum atomic E-state index is 14.6. The van der Waals surface area contributed by atoms with Crippen molar-refractivity contribution in [2.24, 2.45) is 41.2 Å². The Bertz CT molecular complexity index is 2890. The predicted octanol–water partition coefficient (Wildman–Crippen LogP) is 4.27. The molecule has 0 spiro atoms. The van der Waals surface area contributed by atoms with Gasteiger partial charge in [0.15, 0.2) is 0 Å². The van der Waals surface area contributed by atoms with Gasteiger partial charge in [-0.1, -0.05) is 111 Å². The number of likely N-dealkylation sites (N-methyl/N-ethyl adjacent to an activating group) is 2. The summed E-state index contributed by atoms with van der Waals surface area (Å²) in [4.78, 5) is 156. The molecule has 2 saturated heterocycles. The Morgan fingerprint density at radius 3 is 1.86 bits per heavy atom. The second-order valence-electron chi connectivity index (χ2n) is 27.1. The van der Waals surface area contributed by atoms with Crippen LogP contribution in [0.3, 0.4) is 0 Å². The normalized spacial score (nSPS) is 18.7. The Hall–Kier alpha value is -7.71. The molecule has 4 rings (SSSR count). The van der Waals surface area contributed by atoms with E-state index in [1.54, 1.807) is 66.8 Å². The van der Waals surface area contributed by atoms with E-state index in [-0.39, 0.29) is 111 Å². The summed E-state index contributed by atoms with van der Waals surface area (Å²) in [5.74, 6) is -5.96. The highest BCUT2D eigenvalue weighted by Crippen LogP contribution is 2.31. The van der Waals surface area contributed by atoms with E-state index in [1.807, 2.05) is 97.8 Å². The SMILES string of the molecule is CC[C@H](C)[C@@H]([C@@H](CC(=O)N1CCC[C@H]1[C@H](OC)[C@@H](C)C(=O)N[C@@H](Cc1ccccc1)C(=O)NCc1ccc(NC(=O)[C@H](CCCNC(N)=O)NC(=O)[C@@H](NC(=O)CCC(=O)N2CC[C@H](C(=O)OC)C[C@@H]2C)C(C)C)cc1)OC)N(C)C(=O)[C@@H](NC(=O)[C@H](C(C)C)N(C)C)C(C)C. The van der Waals surface area contributed by atoms with Crippen molar-refractivity contribution in [2.45, 2.75) is 207 Å². The van der Waals surface area contributed by atoms with Crippen molar-refractivity contribution in [3.8, 4) is 0 Å². The number of primary amides is 1. The fourth-order valence-corrected chi connectivity index (χ4v) is 13.1. The molecule has 9 N–H and O–H groups in total. The van der Waals surface area contributed by atoms with Crippen LogP contribution < -0.4 is 43.0 Å². The van der Waals surface area contributed by atoms with Crippen LogP contribution in [0.1, 0.15) is 145 Å². The molecule has 0 aromatic heterocycles. The van der Waals surface area contributed by atoms with E-state index in [0.29, 0.717) is 56.4 Å². The summed E-state index contributed by atoms with van der Waals surface area (Å²) < 4.78 is 17.1. The van der Waals surface area contributed by atoms with E-state index < -0.39 is 102 Å². The molecule has 2 aliphatic rings. The summed E-state index contributed by atoms with van der Waals surface area (Å²) in [6, 6.07) is 9.30. The molecule has 13 atom stereocenters. The molecular formula is C70H112N12O14. The van der Waals surface area contributed by atoms with Crippen molar-refractivity contribution in [3.63, 3.8) is 0 Å². The number of ether oxygens (including phenoxy) is 3. The topological polar surface area (TPSA) is 339 Å². The second-order valence-corrected chi connectivity index (χ2v) is 27.1. The molecule has 2 aliphatic heterocycles. The largest absolute Gasteiger partial charge is 0.469 e. The van der Waals surface area contributed by atoms with E-state index >= 15 is 0 Å². The average molecular weight is 1350 g/mol. The van der Waals surface area contributed by atoms with Crippen LogP contribution in [0.4, 0.5) is 10.5 Å². The van der Waals surface area contributed by atoms with E-state index in [0.717, 1.165) is 5.56 Å². The summed E-state index contributed by atoms with van der Waals surface area (Å²) in [5, 5.41) is 19.8. The molecule has 536 valence electrons. The Morgan fingerprint density at radius 1 is 0.656 bits per heavy atom. The summed E-state index contributed by atoms with van der Waals surface area (Å²) in [6.07, 6.45) is 1.35. The zero-order valence-corrected chi connectivity index (χ0v) is 59.6. The lowest BCUT2D eigenvalue weighted by Gasteiger charge is -2.41. The molecule has 0 radical (unpaired) electrons. The molecule has 0 aliphatic carbocycles. The van der Waals surface area contributed by atoms with Gasteiger partial charge in [0, 0.05) is 78.4 Å². The van der Waals surface area contributed by atoms with Crippen LogP contribution in [0.2, 0.25) is 0 Å². The van der Waals surface area contributed by atoms with E-state index in [1.165, 1.54) is 21.3 Å². The highest BCUT2D eigenvalue weighted by molar-refractivity contribution is 5.99. The van der Waals surface area contributed by atoms with Gasteiger partial charge in [-0.15, -0.1) is 0 Å². The summed E-state index contributed by atoms with van der Waals surface area (Å²) >= 11 is 0. The molecule has 26 nitrogen and oxygen atoms in total. The van der Waals surface area contributed by atoms with Crippen molar-refractivity contribution in [1.29, 1.82) is 0 Å². The van der Waals surface area contributed by atoms with Gasteiger partial charge in [0.25, 0.3) is 0 Å². The number of hydrogen-bond donors (Lipinski definition) is 8. The second kappa shape index (κ2) is 39.5. The van der Waals surface area contributed by atoms with Gasteiger partial charge in [-0.2, -0.15) is 0 Å². The lowest BCUT2D eigenvalue weighted by Crippen LogP contribution is -2.59. The van der Waals surface area contributed by atoms with Gasteiger partial charge >= 0.3 is 12.0 Å². The number of nitrogens with two attached hydrogens (primary N) is 1. The fourth-order valence-electron chi connectivity index (χ4n) is 13.1. The summed E-state index contributed by atoms with van der Waals surface area (Å²) in [6.45, 7) is 19.6. The third-order valence-electron chi connectivity index (χ3n) is 18.7.